The Morgan fingerprint density at radius 1 is 1.17 bits per heavy atom. The van der Waals surface area contributed by atoms with Gasteiger partial charge < -0.3 is 15.5 Å². The van der Waals surface area contributed by atoms with Gasteiger partial charge in [-0.15, -0.1) is 0 Å². The third-order valence-electron chi connectivity index (χ3n) is 4.21. The first-order valence-corrected chi connectivity index (χ1v) is 10.2. The largest absolute Gasteiger partial charge is 0.377 e. The van der Waals surface area contributed by atoms with E-state index in [1.54, 1.807) is 19.2 Å². The van der Waals surface area contributed by atoms with E-state index < -0.39 is 5.91 Å². The molecule has 2 heterocycles. The van der Waals surface area contributed by atoms with Crippen molar-refractivity contribution in [1.29, 1.82) is 0 Å². The molecule has 0 aliphatic heterocycles. The van der Waals surface area contributed by atoms with Crippen molar-refractivity contribution in [3.63, 3.8) is 0 Å². The number of pyridine rings is 1. The maximum Gasteiger partial charge on any atom is 0.267 e. The van der Waals surface area contributed by atoms with Crippen molar-refractivity contribution in [2.45, 2.75) is 32.8 Å². The Morgan fingerprint density at radius 3 is 2.50 bits per heavy atom. The summed E-state index contributed by atoms with van der Waals surface area (Å²) >= 11 is 5.54. The number of primary amides is 1. The number of aromatic nitrogens is 3. The quantitative estimate of drug-likeness (QED) is 0.603. The highest BCUT2D eigenvalue weighted by Gasteiger charge is 2.12. The molecule has 1 unspecified atom stereocenters. The number of nitrogens with zero attached hydrogens (tertiary/aromatic N) is 2. The molecular weight excluding hydrogens is 400 g/mol. The van der Waals surface area contributed by atoms with Crippen molar-refractivity contribution < 1.29 is 9.53 Å². The molecule has 3 aromatic rings. The van der Waals surface area contributed by atoms with Gasteiger partial charge in [0.05, 0.1) is 11.6 Å². The number of ether oxygens (including phenoxy) is 1. The fourth-order valence-corrected chi connectivity index (χ4v) is 2.88. The number of nitrogens with two attached hydrogens (primary N) is 1. The standard InChI is InChI=1S/C15H16N4O2.C6H5Cl.C2H6/c1-21-10-4-2-3-9(5-6-10)14-18-12-8-7-11(13(16)20)17-15(12)19-14;7-6-4-2-1-3-5-6;1-2/h3,5-8,10H,2,4H2,1H3,(H2,16,20)(H,17,18,19);1-5H;1-2H3. The van der Waals surface area contributed by atoms with Gasteiger partial charge in [-0.25, -0.2) is 9.97 Å². The van der Waals surface area contributed by atoms with Gasteiger partial charge >= 0.3 is 0 Å². The summed E-state index contributed by atoms with van der Waals surface area (Å²) in [5.74, 6) is 0.171. The van der Waals surface area contributed by atoms with Crippen LogP contribution in [0.1, 0.15) is 43.0 Å². The second-order valence-electron chi connectivity index (χ2n) is 6.18. The number of imidazole rings is 1. The number of allylic oxidation sites excluding steroid dienone is 3. The normalized spacial score (nSPS) is 15.2. The Bertz CT molecular complexity index is 1010. The minimum Gasteiger partial charge on any atom is -0.377 e. The van der Waals surface area contributed by atoms with E-state index in [0.717, 1.165) is 34.8 Å². The first kappa shape index (κ1) is 23.3. The molecular formula is C23H27ClN4O2. The average Bonchev–Trinajstić information content (AvgIpc) is 3.05. The lowest BCUT2D eigenvalue weighted by Crippen LogP contribution is -2.12. The van der Waals surface area contributed by atoms with E-state index in [9.17, 15) is 4.79 Å². The van der Waals surface area contributed by atoms with E-state index >= 15 is 0 Å². The molecule has 0 spiro atoms. The summed E-state index contributed by atoms with van der Waals surface area (Å²) in [7, 11) is 1.70. The van der Waals surface area contributed by atoms with Crippen LogP contribution in [-0.4, -0.2) is 34.1 Å². The molecule has 158 valence electrons. The van der Waals surface area contributed by atoms with Gasteiger partial charge in [0.15, 0.2) is 5.65 Å². The summed E-state index contributed by atoms with van der Waals surface area (Å²) in [6.07, 6.45) is 8.12. The van der Waals surface area contributed by atoms with Crippen LogP contribution in [0.4, 0.5) is 0 Å². The predicted molar refractivity (Wildman–Crippen MR) is 122 cm³/mol. The Morgan fingerprint density at radius 2 is 1.90 bits per heavy atom. The first-order chi connectivity index (χ1) is 14.6. The molecule has 4 rings (SSSR count). The number of hydrogen-bond acceptors (Lipinski definition) is 4. The van der Waals surface area contributed by atoms with E-state index in [2.05, 4.69) is 21.0 Å². The first-order valence-electron chi connectivity index (χ1n) is 9.85. The SMILES string of the molecule is CC.COC1C=CC(c2nc3nc(C(N)=O)ccc3[nH]2)=CCC1.Clc1ccccc1. The third kappa shape index (κ3) is 6.54. The van der Waals surface area contributed by atoms with Crippen LogP contribution in [0.3, 0.4) is 0 Å². The van der Waals surface area contributed by atoms with Crippen LogP contribution in [-0.2, 0) is 4.74 Å². The van der Waals surface area contributed by atoms with Crippen molar-refractivity contribution >= 4 is 34.2 Å². The van der Waals surface area contributed by atoms with E-state index in [1.165, 1.54) is 0 Å². The number of benzene rings is 1. The van der Waals surface area contributed by atoms with Crippen molar-refractivity contribution in [3.05, 3.63) is 77.2 Å². The number of methoxy groups -OCH3 is 1. The number of H-pyrrole nitrogens is 1. The highest BCUT2D eigenvalue weighted by atomic mass is 35.5. The molecule has 1 aliphatic carbocycles. The molecule has 1 atom stereocenters. The summed E-state index contributed by atoms with van der Waals surface area (Å²) in [6, 6.07) is 12.8. The fourth-order valence-electron chi connectivity index (χ4n) is 2.73. The monoisotopic (exact) mass is 426 g/mol. The van der Waals surface area contributed by atoms with E-state index in [-0.39, 0.29) is 11.8 Å². The number of rotatable bonds is 3. The summed E-state index contributed by atoms with van der Waals surface area (Å²) in [5.41, 5.74) is 7.70. The number of aromatic amines is 1. The number of carbonyl (C=O) groups excluding carboxylic acids is 1. The lowest BCUT2D eigenvalue weighted by atomic mass is 10.2. The molecule has 7 heteroatoms. The van der Waals surface area contributed by atoms with Crippen molar-refractivity contribution in [3.8, 4) is 0 Å². The topological polar surface area (TPSA) is 93.9 Å². The second-order valence-corrected chi connectivity index (χ2v) is 6.62. The summed E-state index contributed by atoms with van der Waals surface area (Å²) in [5, 5.41) is 0.794. The average molecular weight is 427 g/mol. The Kier molecular flexibility index (Phi) is 9.25. The Hall–Kier alpha value is -2.96. The van der Waals surface area contributed by atoms with Gasteiger partial charge in [-0.05, 0) is 37.1 Å². The molecule has 0 fully saturated rings. The molecule has 1 aromatic carbocycles. The molecule has 2 aromatic heterocycles. The van der Waals surface area contributed by atoms with Crippen LogP contribution in [0.2, 0.25) is 5.02 Å². The Balaban J connectivity index is 0.000000299. The molecule has 6 nitrogen and oxygen atoms in total. The number of nitrogens with one attached hydrogen (secondary N) is 1. The lowest BCUT2D eigenvalue weighted by Gasteiger charge is -2.06. The third-order valence-corrected chi connectivity index (χ3v) is 4.47. The van der Waals surface area contributed by atoms with Crippen LogP contribution < -0.4 is 5.73 Å². The minimum absolute atomic E-state index is 0.128. The summed E-state index contributed by atoms with van der Waals surface area (Å²) in [4.78, 5) is 22.9. The van der Waals surface area contributed by atoms with Crippen LogP contribution in [0.25, 0.3) is 16.7 Å². The van der Waals surface area contributed by atoms with E-state index in [4.69, 9.17) is 22.1 Å². The molecule has 1 amide bonds. The molecule has 0 saturated heterocycles. The number of carbonyl (C=O) groups is 1. The zero-order valence-electron chi connectivity index (χ0n) is 17.4. The number of halogens is 1. The molecule has 0 radical (unpaired) electrons. The van der Waals surface area contributed by atoms with E-state index in [0.29, 0.717) is 5.65 Å². The maximum atomic E-state index is 11.2. The van der Waals surface area contributed by atoms with Gasteiger partial charge in [-0.2, -0.15) is 0 Å². The van der Waals surface area contributed by atoms with Crippen LogP contribution in [0, 0.1) is 0 Å². The van der Waals surface area contributed by atoms with Crippen molar-refractivity contribution in [1.82, 2.24) is 15.0 Å². The second kappa shape index (κ2) is 11.9. The number of hydrogen-bond donors (Lipinski definition) is 2. The zero-order chi connectivity index (χ0) is 21.9. The predicted octanol–water partition coefficient (Wildman–Crippen LogP) is 5.17. The molecule has 0 bridgehead atoms. The van der Waals surface area contributed by atoms with Crippen molar-refractivity contribution in [2.24, 2.45) is 5.73 Å². The van der Waals surface area contributed by atoms with Crippen LogP contribution >= 0.6 is 11.6 Å². The van der Waals surface area contributed by atoms with Gasteiger partial charge in [0.25, 0.3) is 5.91 Å². The van der Waals surface area contributed by atoms with Crippen LogP contribution in [0.15, 0.2) is 60.7 Å². The smallest absolute Gasteiger partial charge is 0.267 e. The van der Waals surface area contributed by atoms with Gasteiger partial charge in [0, 0.05) is 17.7 Å². The van der Waals surface area contributed by atoms with E-state index in [1.807, 2.05) is 56.3 Å². The maximum absolute atomic E-state index is 11.2. The number of amides is 1. The lowest BCUT2D eigenvalue weighted by molar-refractivity contribution is 0.0996. The highest BCUT2D eigenvalue weighted by Crippen LogP contribution is 2.22. The van der Waals surface area contributed by atoms with Gasteiger partial charge in [-0.1, -0.05) is 61.9 Å². The molecule has 0 saturated carbocycles. The summed E-state index contributed by atoms with van der Waals surface area (Å²) in [6.45, 7) is 4.00. The summed E-state index contributed by atoms with van der Waals surface area (Å²) < 4.78 is 5.34. The van der Waals surface area contributed by atoms with Crippen molar-refractivity contribution in [2.75, 3.05) is 7.11 Å². The highest BCUT2D eigenvalue weighted by molar-refractivity contribution is 6.30. The van der Waals surface area contributed by atoms with Gasteiger partial charge in [0.2, 0.25) is 0 Å². The fraction of sp³-hybridized carbons (Fsp3) is 0.261. The van der Waals surface area contributed by atoms with Gasteiger partial charge in [0.1, 0.15) is 11.5 Å². The zero-order valence-corrected chi connectivity index (χ0v) is 18.2. The molecule has 1 aliphatic rings. The van der Waals surface area contributed by atoms with Gasteiger partial charge in [-0.3, -0.25) is 4.79 Å². The Labute approximate surface area is 181 Å². The molecule has 30 heavy (non-hydrogen) atoms. The van der Waals surface area contributed by atoms with Crippen LogP contribution in [0.5, 0.6) is 0 Å². The number of fused-ring (bicyclic) bond motifs is 1. The molecule has 3 N–H and O–H groups in total. The minimum atomic E-state index is -0.557.